The first-order valence-electron chi connectivity index (χ1n) is 8.94. The van der Waals surface area contributed by atoms with E-state index in [0.29, 0.717) is 18.1 Å². The summed E-state index contributed by atoms with van der Waals surface area (Å²) in [6.07, 6.45) is 4.76. The van der Waals surface area contributed by atoms with E-state index in [1.807, 2.05) is 6.07 Å². The van der Waals surface area contributed by atoms with Crippen LogP contribution in [0.1, 0.15) is 5.56 Å². The Hall–Kier alpha value is -3.66. The average molecular weight is 428 g/mol. The molecule has 3 aromatic heterocycles. The Kier molecular flexibility index (Phi) is 5.75. The van der Waals surface area contributed by atoms with Crippen LogP contribution in [0.25, 0.3) is 23.0 Å². The SMILES string of the molecule is O=C(Cc1c(F)cccc1Cl)NCCn1cc(-c2nc(-c3cccnc3)no2)nn1. The van der Waals surface area contributed by atoms with Crippen molar-refractivity contribution < 1.29 is 13.7 Å². The van der Waals surface area contributed by atoms with Crippen molar-refractivity contribution in [3.05, 3.63) is 65.3 Å². The van der Waals surface area contributed by atoms with Gasteiger partial charge in [-0.25, -0.2) is 9.07 Å². The van der Waals surface area contributed by atoms with Crippen molar-refractivity contribution >= 4 is 17.5 Å². The first-order valence-corrected chi connectivity index (χ1v) is 9.32. The lowest BCUT2D eigenvalue weighted by Gasteiger charge is -2.07. The first-order chi connectivity index (χ1) is 14.6. The van der Waals surface area contributed by atoms with Crippen LogP contribution in [-0.4, -0.2) is 42.6 Å². The van der Waals surface area contributed by atoms with Crippen LogP contribution in [-0.2, 0) is 17.8 Å². The number of nitrogens with zero attached hydrogens (tertiary/aromatic N) is 6. The lowest BCUT2D eigenvalue weighted by Crippen LogP contribution is -2.29. The predicted octanol–water partition coefficient (Wildman–Crippen LogP) is 2.54. The number of pyridine rings is 1. The number of aromatic nitrogens is 6. The van der Waals surface area contributed by atoms with Crippen LogP contribution in [0.3, 0.4) is 0 Å². The van der Waals surface area contributed by atoms with Crippen LogP contribution in [0.2, 0.25) is 5.02 Å². The van der Waals surface area contributed by atoms with Crippen molar-refractivity contribution in [2.75, 3.05) is 6.54 Å². The van der Waals surface area contributed by atoms with Gasteiger partial charge in [0, 0.05) is 35.1 Å². The van der Waals surface area contributed by atoms with Crippen LogP contribution < -0.4 is 5.32 Å². The Morgan fingerprint density at radius 2 is 2.17 bits per heavy atom. The molecule has 0 atom stereocenters. The second kappa shape index (κ2) is 8.78. The van der Waals surface area contributed by atoms with E-state index in [9.17, 15) is 9.18 Å². The average Bonchev–Trinajstić information content (AvgIpc) is 3.41. The summed E-state index contributed by atoms with van der Waals surface area (Å²) in [7, 11) is 0. The van der Waals surface area contributed by atoms with E-state index in [1.54, 1.807) is 30.7 Å². The maximum Gasteiger partial charge on any atom is 0.280 e. The second-order valence-electron chi connectivity index (χ2n) is 6.26. The molecule has 4 rings (SSSR count). The standard InChI is InChI=1S/C19H15ClFN7O2/c20-14-4-1-5-15(21)13(14)9-17(29)23-7-8-28-11-16(25-27-28)19-24-18(26-30-19)12-3-2-6-22-10-12/h1-6,10-11H,7-9H2,(H,23,29). The van der Waals surface area contributed by atoms with Crippen LogP contribution >= 0.6 is 11.6 Å². The van der Waals surface area contributed by atoms with Gasteiger partial charge in [-0.15, -0.1) is 5.10 Å². The highest BCUT2D eigenvalue weighted by atomic mass is 35.5. The molecule has 3 heterocycles. The van der Waals surface area contributed by atoms with Gasteiger partial charge in [0.1, 0.15) is 5.82 Å². The summed E-state index contributed by atoms with van der Waals surface area (Å²) in [5, 5.41) is 14.8. The van der Waals surface area contributed by atoms with E-state index >= 15 is 0 Å². The monoisotopic (exact) mass is 427 g/mol. The number of nitrogens with one attached hydrogen (secondary N) is 1. The van der Waals surface area contributed by atoms with E-state index in [0.717, 1.165) is 5.56 Å². The van der Waals surface area contributed by atoms with Crippen molar-refractivity contribution in [1.29, 1.82) is 0 Å². The lowest BCUT2D eigenvalue weighted by atomic mass is 10.1. The summed E-state index contributed by atoms with van der Waals surface area (Å²) in [6, 6.07) is 7.89. The highest BCUT2D eigenvalue weighted by Crippen LogP contribution is 2.20. The molecule has 11 heteroatoms. The number of hydrogen-bond acceptors (Lipinski definition) is 7. The van der Waals surface area contributed by atoms with Gasteiger partial charge in [0.15, 0.2) is 5.69 Å². The molecule has 0 spiro atoms. The highest BCUT2D eigenvalue weighted by Gasteiger charge is 2.15. The summed E-state index contributed by atoms with van der Waals surface area (Å²) in [6.45, 7) is 0.631. The van der Waals surface area contributed by atoms with Crippen LogP contribution in [0.5, 0.6) is 0 Å². The van der Waals surface area contributed by atoms with Gasteiger partial charge in [-0.1, -0.05) is 28.0 Å². The molecule has 0 bridgehead atoms. The van der Waals surface area contributed by atoms with Gasteiger partial charge in [0.2, 0.25) is 11.7 Å². The molecule has 0 aliphatic carbocycles. The topological polar surface area (TPSA) is 112 Å². The van der Waals surface area contributed by atoms with E-state index in [2.05, 4.69) is 30.8 Å². The fourth-order valence-corrected chi connectivity index (χ4v) is 2.91. The van der Waals surface area contributed by atoms with Crippen molar-refractivity contribution in [2.45, 2.75) is 13.0 Å². The Labute approximate surface area is 174 Å². The molecule has 152 valence electrons. The Morgan fingerprint density at radius 3 is 2.97 bits per heavy atom. The van der Waals surface area contributed by atoms with Crippen LogP contribution in [0.4, 0.5) is 4.39 Å². The van der Waals surface area contributed by atoms with Crippen molar-refractivity contribution in [3.8, 4) is 23.0 Å². The van der Waals surface area contributed by atoms with Crippen LogP contribution in [0, 0.1) is 5.82 Å². The predicted molar refractivity (Wildman–Crippen MR) is 105 cm³/mol. The third-order valence-corrected chi connectivity index (χ3v) is 4.52. The number of hydrogen-bond donors (Lipinski definition) is 1. The first kappa shape index (κ1) is 19.6. The lowest BCUT2D eigenvalue weighted by molar-refractivity contribution is -0.120. The highest BCUT2D eigenvalue weighted by molar-refractivity contribution is 6.31. The summed E-state index contributed by atoms with van der Waals surface area (Å²) in [4.78, 5) is 20.4. The molecule has 0 unspecified atom stereocenters. The zero-order chi connectivity index (χ0) is 20.9. The number of carbonyl (C=O) groups excluding carboxylic acids is 1. The van der Waals surface area contributed by atoms with Gasteiger partial charge >= 0.3 is 0 Å². The summed E-state index contributed by atoms with van der Waals surface area (Å²) >= 11 is 5.94. The molecule has 0 saturated carbocycles. The number of halogens is 2. The molecule has 1 aromatic carbocycles. The third kappa shape index (κ3) is 4.49. The molecular weight excluding hydrogens is 413 g/mol. The molecular formula is C19H15ClFN7O2. The van der Waals surface area contributed by atoms with Gasteiger partial charge in [0.05, 0.1) is 19.2 Å². The second-order valence-corrected chi connectivity index (χ2v) is 6.67. The Bertz CT molecular complexity index is 1140. The number of amides is 1. The zero-order valence-corrected chi connectivity index (χ0v) is 16.3. The van der Waals surface area contributed by atoms with E-state index < -0.39 is 5.82 Å². The van der Waals surface area contributed by atoms with Gasteiger partial charge in [-0.3, -0.25) is 9.78 Å². The maximum atomic E-state index is 13.8. The third-order valence-electron chi connectivity index (χ3n) is 4.17. The fraction of sp³-hybridized carbons (Fsp3) is 0.158. The summed E-state index contributed by atoms with van der Waals surface area (Å²) in [5.41, 5.74) is 1.29. The Morgan fingerprint density at radius 1 is 1.27 bits per heavy atom. The van der Waals surface area contributed by atoms with Crippen molar-refractivity contribution in [1.82, 2.24) is 35.4 Å². The van der Waals surface area contributed by atoms with E-state index in [1.165, 1.54) is 16.8 Å². The molecule has 30 heavy (non-hydrogen) atoms. The molecule has 0 aliphatic rings. The normalized spacial score (nSPS) is 10.9. The van der Waals surface area contributed by atoms with Gasteiger partial charge in [-0.05, 0) is 24.3 Å². The van der Waals surface area contributed by atoms with Crippen LogP contribution in [0.15, 0.2) is 53.4 Å². The Balaban J connectivity index is 1.32. The molecule has 9 nitrogen and oxygen atoms in total. The zero-order valence-electron chi connectivity index (χ0n) is 15.5. The number of rotatable bonds is 7. The minimum atomic E-state index is -0.510. The number of carbonyl (C=O) groups is 1. The molecule has 1 amide bonds. The molecule has 0 saturated heterocycles. The smallest absolute Gasteiger partial charge is 0.280 e. The fourth-order valence-electron chi connectivity index (χ4n) is 2.68. The van der Waals surface area contributed by atoms with E-state index in [-0.39, 0.29) is 35.3 Å². The molecule has 0 fully saturated rings. The van der Waals surface area contributed by atoms with Crippen molar-refractivity contribution in [2.24, 2.45) is 0 Å². The largest absolute Gasteiger partial charge is 0.354 e. The number of benzene rings is 1. The minimum absolute atomic E-state index is 0.146. The van der Waals surface area contributed by atoms with Gasteiger partial charge < -0.3 is 9.84 Å². The van der Waals surface area contributed by atoms with Gasteiger partial charge in [-0.2, -0.15) is 4.98 Å². The van der Waals surface area contributed by atoms with E-state index in [4.69, 9.17) is 16.1 Å². The summed E-state index contributed by atoms with van der Waals surface area (Å²) in [5.74, 6) is -0.241. The molecule has 1 N–H and O–H groups in total. The molecule has 4 aromatic rings. The molecule has 0 aliphatic heterocycles. The molecule has 0 radical (unpaired) electrons. The maximum absolute atomic E-state index is 13.8. The van der Waals surface area contributed by atoms with Crippen molar-refractivity contribution in [3.63, 3.8) is 0 Å². The minimum Gasteiger partial charge on any atom is -0.354 e. The quantitative estimate of drug-likeness (QED) is 0.482. The van der Waals surface area contributed by atoms with Gasteiger partial charge in [0.25, 0.3) is 5.89 Å². The summed E-state index contributed by atoms with van der Waals surface area (Å²) < 4.78 is 20.5.